The van der Waals surface area contributed by atoms with Crippen LogP contribution in [-0.2, 0) is 6.54 Å². The average molecular weight is 287 g/mol. The number of hydrogen-bond acceptors (Lipinski definition) is 3. The Bertz CT molecular complexity index is 611. The predicted octanol–water partition coefficient (Wildman–Crippen LogP) is 2.97. The molecule has 1 amide bonds. The number of nitrogens with zero attached hydrogens (tertiary/aromatic N) is 1. The molecule has 0 aliphatic heterocycles. The molecule has 2 N–H and O–H groups in total. The summed E-state index contributed by atoms with van der Waals surface area (Å²) in [6, 6.07) is 9.82. The summed E-state index contributed by atoms with van der Waals surface area (Å²) in [5.41, 5.74) is 2.04. The molecule has 0 fully saturated rings. The molecule has 5 heteroatoms. The summed E-state index contributed by atoms with van der Waals surface area (Å²) in [4.78, 5) is 16.1. The van der Waals surface area contributed by atoms with Crippen LogP contribution in [-0.4, -0.2) is 16.9 Å². The molecule has 1 aromatic heterocycles. The lowest BCUT2D eigenvalue weighted by atomic mass is 10.2. The molecule has 0 saturated carbocycles. The van der Waals surface area contributed by atoms with Gasteiger partial charge in [0, 0.05) is 24.5 Å². The maximum atomic E-state index is 12.8. The van der Waals surface area contributed by atoms with Crippen LogP contribution >= 0.6 is 0 Å². The maximum absolute atomic E-state index is 12.8. The Morgan fingerprint density at radius 2 is 1.95 bits per heavy atom. The summed E-state index contributed by atoms with van der Waals surface area (Å²) in [6.07, 6.45) is 1.59. The molecule has 2 rings (SSSR count). The summed E-state index contributed by atoms with van der Waals surface area (Å²) in [5, 5.41) is 5.98. The van der Waals surface area contributed by atoms with Gasteiger partial charge in [-0.3, -0.25) is 9.78 Å². The highest BCUT2D eigenvalue weighted by Crippen LogP contribution is 2.10. The van der Waals surface area contributed by atoms with E-state index in [1.807, 2.05) is 19.9 Å². The summed E-state index contributed by atoms with van der Waals surface area (Å²) in [6.45, 7) is 4.38. The number of benzene rings is 1. The molecular formula is C16H18FN3O. The summed E-state index contributed by atoms with van der Waals surface area (Å²) >= 11 is 0. The van der Waals surface area contributed by atoms with E-state index in [9.17, 15) is 9.18 Å². The number of aromatic nitrogens is 1. The molecule has 21 heavy (non-hydrogen) atoms. The van der Waals surface area contributed by atoms with E-state index in [4.69, 9.17) is 0 Å². The quantitative estimate of drug-likeness (QED) is 0.889. The fourth-order valence-corrected chi connectivity index (χ4v) is 1.85. The second-order valence-corrected chi connectivity index (χ2v) is 5.04. The molecular weight excluding hydrogens is 269 g/mol. The fourth-order valence-electron chi connectivity index (χ4n) is 1.85. The summed E-state index contributed by atoms with van der Waals surface area (Å²) in [5.74, 6) is -0.550. The van der Waals surface area contributed by atoms with Crippen LogP contribution in [0.4, 0.5) is 10.1 Å². The van der Waals surface area contributed by atoms with Crippen LogP contribution in [0, 0.1) is 5.82 Å². The largest absolute Gasteiger partial charge is 0.383 e. The molecule has 2 aromatic rings. The van der Waals surface area contributed by atoms with Crippen molar-refractivity contribution in [1.82, 2.24) is 10.3 Å². The van der Waals surface area contributed by atoms with Crippen molar-refractivity contribution < 1.29 is 9.18 Å². The van der Waals surface area contributed by atoms with Crippen LogP contribution in [0.2, 0.25) is 0 Å². The molecule has 0 saturated heterocycles. The van der Waals surface area contributed by atoms with Gasteiger partial charge in [0.25, 0.3) is 5.91 Å². The van der Waals surface area contributed by atoms with Crippen molar-refractivity contribution in [2.45, 2.75) is 26.4 Å². The van der Waals surface area contributed by atoms with Gasteiger partial charge in [0.05, 0.1) is 0 Å². The minimum absolute atomic E-state index is 0.258. The van der Waals surface area contributed by atoms with Crippen LogP contribution in [0.25, 0.3) is 0 Å². The zero-order valence-corrected chi connectivity index (χ0v) is 12.1. The van der Waals surface area contributed by atoms with Gasteiger partial charge in [-0.05, 0) is 43.7 Å². The first kappa shape index (κ1) is 15.0. The van der Waals surface area contributed by atoms with E-state index in [2.05, 4.69) is 15.6 Å². The van der Waals surface area contributed by atoms with Gasteiger partial charge >= 0.3 is 0 Å². The first-order valence-corrected chi connectivity index (χ1v) is 6.80. The van der Waals surface area contributed by atoms with Crippen LogP contribution in [0.1, 0.15) is 29.9 Å². The topological polar surface area (TPSA) is 54.0 Å². The second kappa shape index (κ2) is 6.83. The minimum Gasteiger partial charge on any atom is -0.383 e. The molecule has 0 spiro atoms. The summed E-state index contributed by atoms with van der Waals surface area (Å²) < 4.78 is 12.8. The normalized spacial score (nSPS) is 10.5. The molecule has 0 atom stereocenters. The first-order chi connectivity index (χ1) is 10.0. The van der Waals surface area contributed by atoms with Gasteiger partial charge in [-0.2, -0.15) is 0 Å². The maximum Gasteiger partial charge on any atom is 0.270 e. The Morgan fingerprint density at radius 3 is 2.62 bits per heavy atom. The smallest absolute Gasteiger partial charge is 0.270 e. The standard InChI is InChI=1S/C16H18FN3O/c1-11(2)20-14-7-8-18-15(9-14)16(21)19-10-12-3-5-13(17)6-4-12/h3-9,11H,10H2,1-2H3,(H,18,20)(H,19,21). The SMILES string of the molecule is CC(C)Nc1ccnc(C(=O)NCc2ccc(F)cc2)c1. The molecule has 0 aliphatic rings. The number of nitrogens with one attached hydrogen (secondary N) is 2. The van der Waals surface area contributed by atoms with E-state index < -0.39 is 0 Å². The number of pyridine rings is 1. The number of carbonyl (C=O) groups excluding carboxylic acids is 1. The van der Waals surface area contributed by atoms with Gasteiger partial charge in [0.1, 0.15) is 11.5 Å². The monoisotopic (exact) mass is 287 g/mol. The van der Waals surface area contributed by atoms with Crippen molar-refractivity contribution in [2.24, 2.45) is 0 Å². The number of hydrogen-bond donors (Lipinski definition) is 2. The number of halogens is 1. The lowest BCUT2D eigenvalue weighted by Crippen LogP contribution is -2.24. The third kappa shape index (κ3) is 4.56. The Hall–Kier alpha value is -2.43. The van der Waals surface area contributed by atoms with Gasteiger partial charge in [-0.25, -0.2) is 4.39 Å². The molecule has 0 bridgehead atoms. The second-order valence-electron chi connectivity index (χ2n) is 5.04. The van der Waals surface area contributed by atoms with E-state index in [0.717, 1.165) is 11.3 Å². The third-order valence-electron chi connectivity index (χ3n) is 2.81. The van der Waals surface area contributed by atoms with Gasteiger partial charge in [0.2, 0.25) is 0 Å². The van der Waals surface area contributed by atoms with Crippen molar-refractivity contribution in [1.29, 1.82) is 0 Å². The number of amides is 1. The van der Waals surface area contributed by atoms with Gasteiger partial charge in [-0.1, -0.05) is 12.1 Å². The van der Waals surface area contributed by atoms with Crippen LogP contribution in [0.15, 0.2) is 42.6 Å². The fraction of sp³-hybridized carbons (Fsp3) is 0.250. The van der Waals surface area contributed by atoms with Crippen molar-refractivity contribution in [2.75, 3.05) is 5.32 Å². The number of carbonyl (C=O) groups is 1. The molecule has 0 aliphatic carbocycles. The average Bonchev–Trinajstić information content (AvgIpc) is 2.46. The highest BCUT2D eigenvalue weighted by atomic mass is 19.1. The molecule has 0 unspecified atom stereocenters. The zero-order chi connectivity index (χ0) is 15.2. The highest BCUT2D eigenvalue weighted by Gasteiger charge is 2.08. The number of anilines is 1. The first-order valence-electron chi connectivity index (χ1n) is 6.80. The van der Waals surface area contributed by atoms with E-state index in [1.165, 1.54) is 12.1 Å². The van der Waals surface area contributed by atoms with Gasteiger partial charge in [0.15, 0.2) is 0 Å². The van der Waals surface area contributed by atoms with Crippen LogP contribution in [0.5, 0.6) is 0 Å². The highest BCUT2D eigenvalue weighted by molar-refractivity contribution is 5.93. The van der Waals surface area contributed by atoms with Crippen molar-refractivity contribution >= 4 is 11.6 Å². The van der Waals surface area contributed by atoms with Crippen molar-refractivity contribution in [3.8, 4) is 0 Å². The molecule has 1 aromatic carbocycles. The lowest BCUT2D eigenvalue weighted by Gasteiger charge is -2.11. The predicted molar refractivity (Wildman–Crippen MR) is 80.6 cm³/mol. The zero-order valence-electron chi connectivity index (χ0n) is 12.1. The van der Waals surface area contributed by atoms with E-state index in [0.29, 0.717) is 12.2 Å². The van der Waals surface area contributed by atoms with E-state index in [1.54, 1.807) is 24.4 Å². The molecule has 0 radical (unpaired) electrons. The van der Waals surface area contributed by atoms with Crippen molar-refractivity contribution in [3.63, 3.8) is 0 Å². The van der Waals surface area contributed by atoms with Gasteiger partial charge in [-0.15, -0.1) is 0 Å². The van der Waals surface area contributed by atoms with Crippen LogP contribution < -0.4 is 10.6 Å². The summed E-state index contributed by atoms with van der Waals surface area (Å²) in [7, 11) is 0. The molecule has 4 nitrogen and oxygen atoms in total. The Labute approximate surface area is 123 Å². The Morgan fingerprint density at radius 1 is 1.24 bits per heavy atom. The third-order valence-corrected chi connectivity index (χ3v) is 2.81. The number of rotatable bonds is 5. The minimum atomic E-state index is -0.292. The van der Waals surface area contributed by atoms with Gasteiger partial charge < -0.3 is 10.6 Å². The van der Waals surface area contributed by atoms with E-state index in [-0.39, 0.29) is 17.8 Å². The lowest BCUT2D eigenvalue weighted by molar-refractivity contribution is 0.0946. The Balaban J connectivity index is 1.98. The molecule has 110 valence electrons. The Kier molecular flexibility index (Phi) is 4.87. The van der Waals surface area contributed by atoms with Crippen molar-refractivity contribution in [3.05, 3.63) is 59.7 Å². The molecule has 1 heterocycles. The van der Waals surface area contributed by atoms with E-state index >= 15 is 0 Å². The van der Waals surface area contributed by atoms with Crippen LogP contribution in [0.3, 0.4) is 0 Å².